The number of hydrogen-bond donors (Lipinski definition) is 2. The number of nitrogens with one attached hydrogen (secondary N) is 1. The highest BCUT2D eigenvalue weighted by molar-refractivity contribution is 9.10. The number of hydrazine groups is 1. The largest absolute Gasteiger partial charge is 0.467 e. The van der Waals surface area contributed by atoms with E-state index in [1.165, 1.54) is 0 Å². The number of halogens is 1. The molecule has 0 fully saturated rings. The van der Waals surface area contributed by atoms with Crippen molar-refractivity contribution in [1.29, 1.82) is 0 Å². The van der Waals surface area contributed by atoms with Gasteiger partial charge in [0, 0.05) is 7.05 Å². The first-order valence-electron chi connectivity index (χ1n) is 4.70. The van der Waals surface area contributed by atoms with E-state index in [1.54, 1.807) is 18.0 Å². The molecule has 0 amide bonds. The van der Waals surface area contributed by atoms with Crippen LogP contribution in [0.1, 0.15) is 23.1 Å². The monoisotopic (exact) mass is 285 g/mol. The van der Waals surface area contributed by atoms with Crippen LogP contribution in [0.15, 0.2) is 21.3 Å². The van der Waals surface area contributed by atoms with E-state index < -0.39 is 0 Å². The van der Waals surface area contributed by atoms with E-state index in [9.17, 15) is 0 Å². The molecule has 0 aliphatic heterocycles. The second-order valence-electron chi connectivity index (χ2n) is 3.46. The van der Waals surface area contributed by atoms with E-state index in [-0.39, 0.29) is 6.04 Å². The van der Waals surface area contributed by atoms with Crippen molar-refractivity contribution in [3.05, 3.63) is 34.0 Å². The lowest BCUT2D eigenvalue weighted by molar-refractivity contribution is 0.434. The molecule has 86 valence electrons. The molecule has 2 aromatic heterocycles. The van der Waals surface area contributed by atoms with Crippen LogP contribution in [0.4, 0.5) is 0 Å². The minimum absolute atomic E-state index is 0.274. The van der Waals surface area contributed by atoms with Gasteiger partial charge in [-0.25, -0.2) is 10.1 Å². The molecule has 7 heteroatoms. The summed E-state index contributed by atoms with van der Waals surface area (Å²) in [7, 11) is 1.80. The molecule has 0 spiro atoms. The van der Waals surface area contributed by atoms with Crippen molar-refractivity contribution in [3.8, 4) is 0 Å². The molecule has 0 aliphatic rings. The SMILES string of the molecule is Cc1ccoc1C(NN)c1c(Br)nnn1C. The molecule has 2 heterocycles. The average molecular weight is 286 g/mol. The molecule has 16 heavy (non-hydrogen) atoms. The zero-order valence-electron chi connectivity index (χ0n) is 8.94. The summed E-state index contributed by atoms with van der Waals surface area (Å²) < 4.78 is 7.72. The summed E-state index contributed by atoms with van der Waals surface area (Å²) in [4.78, 5) is 0. The van der Waals surface area contributed by atoms with E-state index in [4.69, 9.17) is 10.3 Å². The van der Waals surface area contributed by atoms with E-state index in [1.807, 2.05) is 13.0 Å². The molecule has 0 aliphatic carbocycles. The molecule has 0 radical (unpaired) electrons. The lowest BCUT2D eigenvalue weighted by Gasteiger charge is -2.14. The maximum atomic E-state index is 5.56. The van der Waals surface area contributed by atoms with Crippen LogP contribution in [0.3, 0.4) is 0 Å². The van der Waals surface area contributed by atoms with Crippen molar-refractivity contribution < 1.29 is 4.42 Å². The molecule has 0 saturated heterocycles. The van der Waals surface area contributed by atoms with Crippen molar-refractivity contribution in [2.75, 3.05) is 0 Å². The molecular weight excluding hydrogens is 274 g/mol. The molecule has 2 aromatic rings. The Morgan fingerprint density at radius 3 is 2.81 bits per heavy atom. The van der Waals surface area contributed by atoms with Gasteiger partial charge in [0.05, 0.1) is 12.0 Å². The highest BCUT2D eigenvalue weighted by Gasteiger charge is 2.24. The Hall–Kier alpha value is -1.18. The Morgan fingerprint density at radius 1 is 1.62 bits per heavy atom. The van der Waals surface area contributed by atoms with Crippen molar-refractivity contribution in [2.24, 2.45) is 12.9 Å². The number of rotatable bonds is 3. The number of nitrogens with two attached hydrogens (primary N) is 1. The summed E-state index contributed by atoms with van der Waals surface area (Å²) in [5.74, 6) is 6.32. The van der Waals surface area contributed by atoms with Crippen molar-refractivity contribution in [1.82, 2.24) is 20.4 Å². The van der Waals surface area contributed by atoms with Gasteiger partial charge in [0.2, 0.25) is 0 Å². The normalized spacial score (nSPS) is 13.0. The predicted molar refractivity (Wildman–Crippen MR) is 61.3 cm³/mol. The first-order chi connectivity index (χ1) is 7.65. The van der Waals surface area contributed by atoms with E-state index in [0.717, 1.165) is 17.0 Å². The molecule has 2 rings (SSSR count). The first-order valence-corrected chi connectivity index (χ1v) is 5.49. The fraction of sp³-hybridized carbons (Fsp3) is 0.333. The van der Waals surface area contributed by atoms with Gasteiger partial charge in [-0.15, -0.1) is 5.10 Å². The summed E-state index contributed by atoms with van der Waals surface area (Å²) in [5, 5.41) is 7.82. The average Bonchev–Trinajstić information content (AvgIpc) is 2.80. The predicted octanol–water partition coefficient (Wildman–Crippen LogP) is 1.03. The number of aryl methyl sites for hydroxylation is 2. The van der Waals surface area contributed by atoms with Gasteiger partial charge in [-0.1, -0.05) is 5.21 Å². The minimum atomic E-state index is -0.274. The van der Waals surface area contributed by atoms with Gasteiger partial charge >= 0.3 is 0 Å². The first kappa shape index (κ1) is 11.3. The minimum Gasteiger partial charge on any atom is -0.467 e. The van der Waals surface area contributed by atoms with E-state index in [2.05, 4.69) is 31.7 Å². The standard InChI is InChI=1S/C9H12BrN5O/c1-5-3-4-16-8(5)6(12-11)7-9(10)13-14-15(7)2/h3-4,6,12H,11H2,1-2H3. The zero-order valence-corrected chi connectivity index (χ0v) is 10.5. The van der Waals surface area contributed by atoms with Crippen LogP contribution in [-0.4, -0.2) is 15.0 Å². The Bertz CT molecular complexity index is 472. The molecule has 0 aromatic carbocycles. The third-order valence-corrected chi connectivity index (χ3v) is 3.00. The van der Waals surface area contributed by atoms with Gasteiger partial charge in [-0.3, -0.25) is 5.84 Å². The van der Waals surface area contributed by atoms with Gasteiger partial charge in [0.25, 0.3) is 0 Å². The van der Waals surface area contributed by atoms with Crippen molar-refractivity contribution in [2.45, 2.75) is 13.0 Å². The van der Waals surface area contributed by atoms with Crippen LogP contribution >= 0.6 is 15.9 Å². The van der Waals surface area contributed by atoms with Gasteiger partial charge in [0.15, 0.2) is 4.60 Å². The Balaban J connectivity index is 2.49. The van der Waals surface area contributed by atoms with Crippen molar-refractivity contribution in [3.63, 3.8) is 0 Å². The molecule has 3 N–H and O–H groups in total. The lowest BCUT2D eigenvalue weighted by atomic mass is 10.1. The summed E-state index contributed by atoms with van der Waals surface area (Å²) in [6.45, 7) is 1.96. The topological polar surface area (TPSA) is 81.9 Å². The van der Waals surface area contributed by atoms with Gasteiger partial charge in [-0.2, -0.15) is 0 Å². The maximum Gasteiger partial charge on any atom is 0.153 e. The molecule has 0 bridgehead atoms. The summed E-state index contributed by atoms with van der Waals surface area (Å²) in [6, 6.07) is 1.61. The molecular formula is C9H12BrN5O. The van der Waals surface area contributed by atoms with Crippen LogP contribution in [0.5, 0.6) is 0 Å². The summed E-state index contributed by atoms with van der Waals surface area (Å²) in [5.41, 5.74) is 4.55. The smallest absolute Gasteiger partial charge is 0.153 e. The van der Waals surface area contributed by atoms with Crippen LogP contribution < -0.4 is 11.3 Å². The quantitative estimate of drug-likeness (QED) is 0.650. The number of furan rings is 1. The van der Waals surface area contributed by atoms with E-state index >= 15 is 0 Å². The number of hydrogen-bond acceptors (Lipinski definition) is 5. The van der Waals surface area contributed by atoms with E-state index in [0.29, 0.717) is 4.60 Å². The fourth-order valence-corrected chi connectivity index (χ4v) is 2.16. The number of aromatic nitrogens is 3. The van der Waals surface area contributed by atoms with Crippen LogP contribution in [-0.2, 0) is 7.05 Å². The van der Waals surface area contributed by atoms with Gasteiger partial charge in [-0.05, 0) is 34.5 Å². The second kappa shape index (κ2) is 4.36. The van der Waals surface area contributed by atoms with Gasteiger partial charge in [0.1, 0.15) is 11.8 Å². The highest BCUT2D eigenvalue weighted by atomic mass is 79.9. The van der Waals surface area contributed by atoms with Crippen LogP contribution in [0.2, 0.25) is 0 Å². The van der Waals surface area contributed by atoms with Gasteiger partial charge < -0.3 is 4.42 Å². The second-order valence-corrected chi connectivity index (χ2v) is 4.21. The molecule has 6 nitrogen and oxygen atoms in total. The third kappa shape index (κ3) is 1.77. The Labute approximate surface area is 101 Å². The van der Waals surface area contributed by atoms with Crippen LogP contribution in [0.25, 0.3) is 0 Å². The van der Waals surface area contributed by atoms with Crippen molar-refractivity contribution >= 4 is 15.9 Å². The summed E-state index contributed by atoms with van der Waals surface area (Å²) >= 11 is 3.34. The van der Waals surface area contributed by atoms with Crippen LogP contribution in [0, 0.1) is 6.92 Å². The molecule has 0 saturated carbocycles. The lowest BCUT2D eigenvalue weighted by Crippen LogP contribution is -2.30. The summed E-state index contributed by atoms with van der Waals surface area (Å²) in [6.07, 6.45) is 1.63. The fourth-order valence-electron chi connectivity index (χ4n) is 1.60. The Kier molecular flexibility index (Phi) is 3.08. The Morgan fingerprint density at radius 2 is 2.38 bits per heavy atom. The maximum absolute atomic E-state index is 5.56. The number of nitrogens with zero attached hydrogens (tertiary/aromatic N) is 3. The molecule has 1 unspecified atom stereocenters. The molecule has 1 atom stereocenters. The zero-order chi connectivity index (χ0) is 11.7. The third-order valence-electron chi connectivity index (χ3n) is 2.43. The highest BCUT2D eigenvalue weighted by Crippen LogP contribution is 2.28.